The van der Waals surface area contributed by atoms with E-state index in [0.717, 1.165) is 19.0 Å². The fourth-order valence-corrected chi connectivity index (χ4v) is 2.25. The highest BCUT2D eigenvalue weighted by Gasteiger charge is 2.18. The molecule has 0 amide bonds. The van der Waals surface area contributed by atoms with Gasteiger partial charge in [-0.05, 0) is 48.9 Å². The van der Waals surface area contributed by atoms with Crippen LogP contribution in [-0.4, -0.2) is 13.1 Å². The van der Waals surface area contributed by atoms with Gasteiger partial charge in [-0.25, -0.2) is 0 Å². The Bertz CT molecular complexity index is 353. The minimum atomic E-state index is 0.328. The molecule has 2 rings (SSSR count). The van der Waals surface area contributed by atoms with Crippen LogP contribution in [0.2, 0.25) is 0 Å². The number of hydrogen-bond donors (Lipinski definition) is 2. The molecule has 0 saturated carbocycles. The fourth-order valence-electron chi connectivity index (χ4n) is 2.25. The SMILES string of the molecule is Cc1cc(C2NCC(C)CN2)cc(C)c1C. The summed E-state index contributed by atoms with van der Waals surface area (Å²) < 4.78 is 0. The van der Waals surface area contributed by atoms with Crippen LogP contribution in [0.4, 0.5) is 0 Å². The maximum absolute atomic E-state index is 3.55. The van der Waals surface area contributed by atoms with Crippen LogP contribution in [0.5, 0.6) is 0 Å². The predicted octanol–water partition coefficient (Wildman–Crippen LogP) is 2.44. The molecular weight excluding hydrogens is 196 g/mol. The molecule has 1 aromatic rings. The second-order valence-electron chi connectivity index (χ2n) is 5.13. The van der Waals surface area contributed by atoms with Crippen molar-refractivity contribution >= 4 is 0 Å². The van der Waals surface area contributed by atoms with Crippen LogP contribution in [0.25, 0.3) is 0 Å². The van der Waals surface area contributed by atoms with E-state index in [-0.39, 0.29) is 0 Å². The number of hydrogen-bond acceptors (Lipinski definition) is 2. The van der Waals surface area contributed by atoms with Gasteiger partial charge in [0.25, 0.3) is 0 Å². The number of nitrogens with one attached hydrogen (secondary N) is 2. The van der Waals surface area contributed by atoms with Gasteiger partial charge in [-0.15, -0.1) is 0 Å². The topological polar surface area (TPSA) is 24.1 Å². The lowest BCUT2D eigenvalue weighted by atomic mass is 9.98. The molecule has 1 heterocycles. The number of benzene rings is 1. The third-order valence-corrected chi connectivity index (χ3v) is 3.62. The molecule has 1 saturated heterocycles. The van der Waals surface area contributed by atoms with Gasteiger partial charge in [-0.2, -0.15) is 0 Å². The van der Waals surface area contributed by atoms with Crippen LogP contribution >= 0.6 is 0 Å². The van der Waals surface area contributed by atoms with Crippen molar-refractivity contribution in [3.8, 4) is 0 Å². The molecule has 2 nitrogen and oxygen atoms in total. The van der Waals surface area contributed by atoms with Crippen LogP contribution in [0.1, 0.15) is 35.3 Å². The Balaban J connectivity index is 2.21. The van der Waals surface area contributed by atoms with Gasteiger partial charge in [0.15, 0.2) is 0 Å². The molecule has 88 valence electrons. The second-order valence-corrected chi connectivity index (χ2v) is 5.13. The third kappa shape index (κ3) is 2.28. The molecule has 1 aliphatic rings. The van der Waals surface area contributed by atoms with E-state index in [0.29, 0.717) is 6.17 Å². The highest BCUT2D eigenvalue weighted by Crippen LogP contribution is 2.21. The zero-order valence-electron chi connectivity index (χ0n) is 10.7. The van der Waals surface area contributed by atoms with Crippen LogP contribution in [-0.2, 0) is 0 Å². The Hall–Kier alpha value is -0.860. The van der Waals surface area contributed by atoms with E-state index < -0.39 is 0 Å². The molecule has 1 fully saturated rings. The predicted molar refractivity (Wildman–Crippen MR) is 68.6 cm³/mol. The molecule has 0 unspecified atom stereocenters. The molecule has 16 heavy (non-hydrogen) atoms. The van der Waals surface area contributed by atoms with E-state index in [4.69, 9.17) is 0 Å². The summed E-state index contributed by atoms with van der Waals surface area (Å²) in [5.74, 6) is 0.726. The van der Waals surface area contributed by atoms with Gasteiger partial charge < -0.3 is 0 Å². The molecule has 2 N–H and O–H groups in total. The standard InChI is InChI=1S/C14H22N2/c1-9-7-15-14(16-8-9)13-5-10(2)12(4)11(3)6-13/h5-6,9,14-16H,7-8H2,1-4H3. The minimum absolute atomic E-state index is 0.328. The monoisotopic (exact) mass is 218 g/mol. The second kappa shape index (κ2) is 4.56. The smallest absolute Gasteiger partial charge is 0.0835 e. The summed E-state index contributed by atoms with van der Waals surface area (Å²) in [5, 5.41) is 7.10. The largest absolute Gasteiger partial charge is 0.298 e. The maximum atomic E-state index is 3.55. The maximum Gasteiger partial charge on any atom is 0.0835 e. The van der Waals surface area contributed by atoms with Crippen molar-refractivity contribution in [2.24, 2.45) is 5.92 Å². The van der Waals surface area contributed by atoms with Crippen LogP contribution in [0.15, 0.2) is 12.1 Å². The van der Waals surface area contributed by atoms with E-state index in [1.807, 2.05) is 0 Å². The van der Waals surface area contributed by atoms with E-state index in [1.165, 1.54) is 22.3 Å². The lowest BCUT2D eigenvalue weighted by Crippen LogP contribution is -2.45. The third-order valence-electron chi connectivity index (χ3n) is 3.62. The zero-order valence-corrected chi connectivity index (χ0v) is 10.7. The van der Waals surface area contributed by atoms with Gasteiger partial charge in [0.2, 0.25) is 0 Å². The van der Waals surface area contributed by atoms with Crippen molar-refractivity contribution in [2.45, 2.75) is 33.9 Å². The molecule has 0 aromatic heterocycles. The Morgan fingerprint density at radius 1 is 1.00 bits per heavy atom. The lowest BCUT2D eigenvalue weighted by Gasteiger charge is -2.30. The lowest BCUT2D eigenvalue weighted by molar-refractivity contribution is 0.314. The Labute approximate surface area is 98.4 Å². The average molecular weight is 218 g/mol. The fraction of sp³-hybridized carbons (Fsp3) is 0.571. The van der Waals surface area contributed by atoms with Crippen molar-refractivity contribution in [2.75, 3.05) is 13.1 Å². The van der Waals surface area contributed by atoms with Crippen LogP contribution in [0.3, 0.4) is 0 Å². The summed E-state index contributed by atoms with van der Waals surface area (Å²) in [4.78, 5) is 0. The van der Waals surface area contributed by atoms with E-state index in [1.54, 1.807) is 0 Å². The first-order chi connectivity index (χ1) is 7.58. The summed E-state index contributed by atoms with van der Waals surface area (Å²) in [5.41, 5.74) is 5.55. The van der Waals surface area contributed by atoms with Gasteiger partial charge >= 0.3 is 0 Å². The van der Waals surface area contributed by atoms with Crippen molar-refractivity contribution in [1.29, 1.82) is 0 Å². The number of aryl methyl sites for hydroxylation is 2. The van der Waals surface area contributed by atoms with Crippen LogP contribution < -0.4 is 10.6 Å². The first-order valence-electron chi connectivity index (χ1n) is 6.12. The van der Waals surface area contributed by atoms with Crippen molar-refractivity contribution < 1.29 is 0 Å². The van der Waals surface area contributed by atoms with Gasteiger partial charge in [0.05, 0.1) is 6.17 Å². The Morgan fingerprint density at radius 2 is 1.50 bits per heavy atom. The molecule has 1 aliphatic heterocycles. The summed E-state index contributed by atoms with van der Waals surface area (Å²) in [6.45, 7) is 11.0. The normalized spacial score (nSPS) is 25.8. The molecular formula is C14H22N2. The molecule has 0 spiro atoms. The quantitative estimate of drug-likeness (QED) is 0.756. The van der Waals surface area contributed by atoms with Crippen molar-refractivity contribution in [3.05, 3.63) is 34.4 Å². The summed E-state index contributed by atoms with van der Waals surface area (Å²) in [6.07, 6.45) is 0.328. The first-order valence-corrected chi connectivity index (χ1v) is 6.12. The Morgan fingerprint density at radius 3 is 2.00 bits per heavy atom. The van der Waals surface area contributed by atoms with E-state index in [2.05, 4.69) is 50.5 Å². The highest BCUT2D eigenvalue weighted by atomic mass is 15.1. The average Bonchev–Trinajstić information content (AvgIpc) is 2.26. The summed E-state index contributed by atoms with van der Waals surface area (Å²) >= 11 is 0. The zero-order chi connectivity index (χ0) is 11.7. The molecule has 1 aromatic carbocycles. The molecule has 0 atom stereocenters. The molecule has 0 bridgehead atoms. The summed E-state index contributed by atoms with van der Waals surface area (Å²) in [6, 6.07) is 4.59. The molecule has 0 aliphatic carbocycles. The number of rotatable bonds is 1. The van der Waals surface area contributed by atoms with Gasteiger partial charge in [-0.3, -0.25) is 10.6 Å². The van der Waals surface area contributed by atoms with Gasteiger partial charge in [0.1, 0.15) is 0 Å². The first kappa shape index (κ1) is 11.6. The van der Waals surface area contributed by atoms with Crippen LogP contribution in [0, 0.1) is 26.7 Å². The molecule has 0 radical (unpaired) electrons. The van der Waals surface area contributed by atoms with Crippen molar-refractivity contribution in [3.63, 3.8) is 0 Å². The van der Waals surface area contributed by atoms with E-state index in [9.17, 15) is 0 Å². The molecule has 2 heteroatoms. The minimum Gasteiger partial charge on any atom is -0.298 e. The van der Waals surface area contributed by atoms with E-state index >= 15 is 0 Å². The van der Waals surface area contributed by atoms with Gasteiger partial charge in [0, 0.05) is 13.1 Å². The highest BCUT2D eigenvalue weighted by molar-refractivity contribution is 5.38. The van der Waals surface area contributed by atoms with Gasteiger partial charge in [-0.1, -0.05) is 19.1 Å². The summed E-state index contributed by atoms with van der Waals surface area (Å²) in [7, 11) is 0. The Kier molecular flexibility index (Phi) is 3.31. The van der Waals surface area contributed by atoms with Crippen molar-refractivity contribution in [1.82, 2.24) is 10.6 Å².